The number of anilines is 2. The number of carbonyl (C=O) groups excluding carboxylic acids is 1. The van der Waals surface area contributed by atoms with Crippen molar-refractivity contribution in [3.63, 3.8) is 0 Å². The SMILES string of the molecule is CC(C)CNC(=O)c1cnc(NCCCN(C)C)nc1NCC1CCCCC1. The summed E-state index contributed by atoms with van der Waals surface area (Å²) in [6.45, 7) is 7.49. The second-order valence-electron chi connectivity index (χ2n) is 8.53. The fourth-order valence-corrected chi connectivity index (χ4v) is 3.39. The molecule has 0 atom stereocenters. The Morgan fingerprint density at radius 3 is 2.64 bits per heavy atom. The van der Waals surface area contributed by atoms with Crippen molar-refractivity contribution in [1.29, 1.82) is 0 Å². The summed E-state index contributed by atoms with van der Waals surface area (Å²) in [5.74, 6) is 2.16. The van der Waals surface area contributed by atoms with Crippen molar-refractivity contribution in [1.82, 2.24) is 20.2 Å². The highest BCUT2D eigenvalue weighted by molar-refractivity contribution is 5.98. The summed E-state index contributed by atoms with van der Waals surface area (Å²) in [6, 6.07) is 0. The largest absolute Gasteiger partial charge is 0.369 e. The molecule has 0 saturated heterocycles. The number of nitrogens with zero attached hydrogens (tertiary/aromatic N) is 3. The maximum absolute atomic E-state index is 12.6. The maximum atomic E-state index is 12.6. The third-order valence-corrected chi connectivity index (χ3v) is 5.05. The van der Waals surface area contributed by atoms with Gasteiger partial charge in [0.15, 0.2) is 0 Å². The molecular formula is C21H38N6O. The standard InChI is InChI=1S/C21H38N6O/c1-16(2)13-24-20(28)18-15-25-21(22-11-8-12-27(3)4)26-19(18)23-14-17-9-6-5-7-10-17/h15-17H,5-14H2,1-4H3,(H,24,28)(H2,22,23,25,26). The van der Waals surface area contributed by atoms with Crippen LogP contribution >= 0.6 is 0 Å². The summed E-state index contributed by atoms with van der Waals surface area (Å²) >= 11 is 0. The van der Waals surface area contributed by atoms with Gasteiger partial charge in [0.05, 0.1) is 0 Å². The Labute approximate surface area is 170 Å². The van der Waals surface area contributed by atoms with Gasteiger partial charge in [-0.25, -0.2) is 4.98 Å². The Morgan fingerprint density at radius 1 is 1.21 bits per heavy atom. The van der Waals surface area contributed by atoms with Crippen LogP contribution in [0.15, 0.2) is 6.20 Å². The lowest BCUT2D eigenvalue weighted by molar-refractivity contribution is 0.0949. The smallest absolute Gasteiger partial charge is 0.256 e. The van der Waals surface area contributed by atoms with Gasteiger partial charge in [-0.15, -0.1) is 0 Å². The lowest BCUT2D eigenvalue weighted by Crippen LogP contribution is -2.29. The molecule has 1 aliphatic carbocycles. The lowest BCUT2D eigenvalue weighted by atomic mass is 9.89. The minimum Gasteiger partial charge on any atom is -0.369 e. The van der Waals surface area contributed by atoms with Crippen LogP contribution in [0.4, 0.5) is 11.8 Å². The predicted octanol–water partition coefficient (Wildman–Crippen LogP) is 3.22. The number of nitrogens with one attached hydrogen (secondary N) is 3. The second-order valence-corrected chi connectivity index (χ2v) is 8.53. The second kappa shape index (κ2) is 11.8. The monoisotopic (exact) mass is 390 g/mol. The predicted molar refractivity (Wildman–Crippen MR) is 116 cm³/mol. The topological polar surface area (TPSA) is 82.2 Å². The first-order chi connectivity index (χ1) is 13.5. The van der Waals surface area contributed by atoms with Crippen molar-refractivity contribution in [2.24, 2.45) is 11.8 Å². The van der Waals surface area contributed by atoms with Gasteiger partial charge in [0.25, 0.3) is 5.91 Å². The number of hydrogen-bond acceptors (Lipinski definition) is 6. The van der Waals surface area contributed by atoms with E-state index in [0.29, 0.717) is 35.7 Å². The van der Waals surface area contributed by atoms with Crippen LogP contribution < -0.4 is 16.0 Å². The number of amides is 1. The molecule has 1 fully saturated rings. The van der Waals surface area contributed by atoms with Crippen molar-refractivity contribution in [2.75, 3.05) is 50.9 Å². The normalized spacial score (nSPS) is 15.1. The fourth-order valence-electron chi connectivity index (χ4n) is 3.39. The van der Waals surface area contributed by atoms with Crippen molar-refractivity contribution in [3.05, 3.63) is 11.8 Å². The first kappa shape index (κ1) is 22.4. The molecule has 1 aliphatic rings. The van der Waals surface area contributed by atoms with Crippen LogP contribution in [0.25, 0.3) is 0 Å². The van der Waals surface area contributed by atoms with E-state index in [0.717, 1.165) is 26.1 Å². The molecule has 0 aliphatic heterocycles. The first-order valence-corrected chi connectivity index (χ1v) is 10.7. The van der Waals surface area contributed by atoms with E-state index < -0.39 is 0 Å². The highest BCUT2D eigenvalue weighted by Gasteiger charge is 2.18. The van der Waals surface area contributed by atoms with Gasteiger partial charge in [0.2, 0.25) is 5.95 Å². The van der Waals surface area contributed by atoms with Crippen molar-refractivity contribution in [2.45, 2.75) is 52.4 Å². The summed E-state index contributed by atoms with van der Waals surface area (Å²) in [4.78, 5) is 23.7. The Morgan fingerprint density at radius 2 is 1.96 bits per heavy atom. The van der Waals surface area contributed by atoms with Gasteiger partial charge < -0.3 is 20.9 Å². The summed E-state index contributed by atoms with van der Waals surface area (Å²) < 4.78 is 0. The molecule has 1 aromatic rings. The van der Waals surface area contributed by atoms with Crippen molar-refractivity contribution in [3.8, 4) is 0 Å². The third-order valence-electron chi connectivity index (χ3n) is 5.05. The molecule has 1 saturated carbocycles. The highest BCUT2D eigenvalue weighted by Crippen LogP contribution is 2.24. The molecule has 1 heterocycles. The van der Waals surface area contributed by atoms with E-state index >= 15 is 0 Å². The molecule has 28 heavy (non-hydrogen) atoms. The van der Waals surface area contributed by atoms with Crippen LogP contribution in [0.2, 0.25) is 0 Å². The molecule has 0 bridgehead atoms. The number of rotatable bonds is 11. The van der Waals surface area contributed by atoms with Crippen LogP contribution in [0.5, 0.6) is 0 Å². The van der Waals surface area contributed by atoms with Crippen LogP contribution in [-0.4, -0.2) is 61.0 Å². The van der Waals surface area contributed by atoms with Gasteiger partial charge in [-0.1, -0.05) is 33.1 Å². The Hall–Kier alpha value is -1.89. The van der Waals surface area contributed by atoms with E-state index in [9.17, 15) is 4.79 Å². The summed E-state index contributed by atoms with van der Waals surface area (Å²) in [5, 5.41) is 9.69. The molecule has 1 aromatic heterocycles. The van der Waals surface area contributed by atoms with E-state index in [-0.39, 0.29) is 5.91 Å². The van der Waals surface area contributed by atoms with E-state index in [1.165, 1.54) is 32.1 Å². The maximum Gasteiger partial charge on any atom is 0.256 e. The molecule has 2 rings (SSSR count). The number of aromatic nitrogens is 2. The van der Waals surface area contributed by atoms with Crippen molar-refractivity contribution >= 4 is 17.7 Å². The Kier molecular flexibility index (Phi) is 9.47. The molecule has 158 valence electrons. The summed E-state index contributed by atoms with van der Waals surface area (Å²) in [6.07, 6.45) is 9.10. The molecule has 0 radical (unpaired) electrons. The van der Waals surface area contributed by atoms with E-state index in [1.54, 1.807) is 6.20 Å². The molecule has 0 unspecified atom stereocenters. The van der Waals surface area contributed by atoms with Crippen LogP contribution in [0.3, 0.4) is 0 Å². The van der Waals surface area contributed by atoms with Gasteiger partial charge >= 0.3 is 0 Å². The molecule has 7 nitrogen and oxygen atoms in total. The minimum atomic E-state index is -0.112. The zero-order valence-corrected chi connectivity index (χ0v) is 18.1. The van der Waals surface area contributed by atoms with Gasteiger partial charge in [-0.05, 0) is 51.7 Å². The zero-order chi connectivity index (χ0) is 20.4. The average Bonchev–Trinajstić information content (AvgIpc) is 2.68. The van der Waals surface area contributed by atoms with E-state index in [4.69, 9.17) is 0 Å². The first-order valence-electron chi connectivity index (χ1n) is 10.7. The molecule has 1 amide bonds. The zero-order valence-electron chi connectivity index (χ0n) is 18.1. The van der Waals surface area contributed by atoms with Crippen LogP contribution in [0.1, 0.15) is 62.7 Å². The van der Waals surface area contributed by atoms with Crippen molar-refractivity contribution < 1.29 is 4.79 Å². The fraction of sp³-hybridized carbons (Fsp3) is 0.762. The quantitative estimate of drug-likeness (QED) is 0.503. The molecule has 3 N–H and O–H groups in total. The van der Waals surface area contributed by atoms with Gasteiger partial charge in [-0.3, -0.25) is 4.79 Å². The number of carbonyl (C=O) groups is 1. The average molecular weight is 391 g/mol. The van der Waals surface area contributed by atoms with Gasteiger partial charge in [0, 0.05) is 25.8 Å². The molecular weight excluding hydrogens is 352 g/mol. The molecule has 7 heteroatoms. The minimum absolute atomic E-state index is 0.112. The third kappa shape index (κ3) is 8.00. The number of hydrogen-bond donors (Lipinski definition) is 3. The van der Waals surface area contributed by atoms with E-state index in [1.807, 2.05) is 0 Å². The molecule has 0 spiro atoms. The van der Waals surface area contributed by atoms with Gasteiger partial charge in [0.1, 0.15) is 11.4 Å². The van der Waals surface area contributed by atoms with Gasteiger partial charge in [-0.2, -0.15) is 4.98 Å². The van der Waals surface area contributed by atoms with E-state index in [2.05, 4.69) is 58.8 Å². The Balaban J connectivity index is 2.02. The van der Waals surface area contributed by atoms with Crippen LogP contribution in [0, 0.1) is 11.8 Å². The lowest BCUT2D eigenvalue weighted by Gasteiger charge is -2.22. The Bertz CT molecular complexity index is 599. The van der Waals surface area contributed by atoms with Crippen LogP contribution in [-0.2, 0) is 0 Å². The molecule has 0 aromatic carbocycles. The summed E-state index contributed by atoms with van der Waals surface area (Å²) in [5.41, 5.74) is 0.523. The summed E-state index contributed by atoms with van der Waals surface area (Å²) in [7, 11) is 4.13. The highest BCUT2D eigenvalue weighted by atomic mass is 16.1.